The highest BCUT2D eigenvalue weighted by Gasteiger charge is 2.28. The zero-order valence-electron chi connectivity index (χ0n) is 19.7. The monoisotopic (exact) mass is 529 g/mol. The maximum atomic E-state index is 13.4. The van der Waals surface area contributed by atoms with Crippen LogP contribution in [0.15, 0.2) is 88.7 Å². The van der Waals surface area contributed by atoms with Gasteiger partial charge in [-0.3, -0.25) is 9.10 Å². The molecule has 1 amide bonds. The summed E-state index contributed by atoms with van der Waals surface area (Å²) in [7, 11) is -7.68. The summed E-state index contributed by atoms with van der Waals surface area (Å²) in [6.07, 6.45) is 0. The van der Waals surface area contributed by atoms with E-state index in [9.17, 15) is 21.6 Å². The number of hydrogen-bond donors (Lipinski definition) is 1. The van der Waals surface area contributed by atoms with Crippen LogP contribution in [0, 0.1) is 6.92 Å². The number of morpholine rings is 1. The van der Waals surface area contributed by atoms with Crippen molar-refractivity contribution in [3.63, 3.8) is 0 Å². The Morgan fingerprint density at radius 2 is 1.56 bits per heavy atom. The van der Waals surface area contributed by atoms with Gasteiger partial charge in [0.1, 0.15) is 6.54 Å². The predicted molar refractivity (Wildman–Crippen MR) is 137 cm³/mol. The smallest absolute Gasteiger partial charge is 0.264 e. The van der Waals surface area contributed by atoms with E-state index in [1.54, 1.807) is 36.4 Å². The fraction of sp³-hybridized carbons (Fsp3) is 0.240. The number of anilines is 2. The van der Waals surface area contributed by atoms with Gasteiger partial charge in [-0.25, -0.2) is 16.8 Å². The molecule has 1 aliphatic heterocycles. The summed E-state index contributed by atoms with van der Waals surface area (Å²) >= 11 is 0. The van der Waals surface area contributed by atoms with Gasteiger partial charge in [0.25, 0.3) is 10.0 Å². The van der Waals surface area contributed by atoms with Gasteiger partial charge in [0.05, 0.1) is 28.7 Å². The number of benzene rings is 3. The van der Waals surface area contributed by atoms with Gasteiger partial charge in [-0.2, -0.15) is 4.31 Å². The van der Waals surface area contributed by atoms with Crippen molar-refractivity contribution in [1.29, 1.82) is 0 Å². The molecule has 11 heteroatoms. The number of aryl methyl sites for hydroxylation is 1. The second-order valence-corrected chi connectivity index (χ2v) is 12.1. The van der Waals surface area contributed by atoms with Crippen LogP contribution in [0.2, 0.25) is 0 Å². The lowest BCUT2D eigenvalue weighted by molar-refractivity contribution is -0.114. The second-order valence-electron chi connectivity index (χ2n) is 8.25. The van der Waals surface area contributed by atoms with E-state index in [4.69, 9.17) is 4.74 Å². The second kappa shape index (κ2) is 10.8. The third-order valence-electron chi connectivity index (χ3n) is 5.65. The molecule has 9 nitrogen and oxygen atoms in total. The van der Waals surface area contributed by atoms with E-state index in [1.165, 1.54) is 40.7 Å². The van der Waals surface area contributed by atoms with Crippen LogP contribution in [-0.4, -0.2) is 59.9 Å². The van der Waals surface area contributed by atoms with E-state index in [-0.39, 0.29) is 22.9 Å². The molecule has 0 bridgehead atoms. The standard InChI is InChI=1S/C25H27N3O6S2/c1-20-6-5-7-22(18-20)28(36(32,33)23-8-3-2-4-9-23)19-25(29)26-21-10-12-24(13-11-21)35(30,31)27-14-16-34-17-15-27/h2-13,18H,14-17,19H2,1H3,(H,26,29). The summed E-state index contributed by atoms with van der Waals surface area (Å²) in [6.45, 7) is 2.63. The summed E-state index contributed by atoms with van der Waals surface area (Å²) in [5, 5.41) is 2.67. The Bertz CT molecular complexity index is 1420. The molecule has 0 radical (unpaired) electrons. The van der Waals surface area contributed by atoms with E-state index in [0.717, 1.165) is 9.87 Å². The zero-order valence-corrected chi connectivity index (χ0v) is 21.3. The van der Waals surface area contributed by atoms with Gasteiger partial charge in [-0.1, -0.05) is 30.3 Å². The lowest BCUT2D eigenvalue weighted by Gasteiger charge is -2.26. The molecular formula is C25H27N3O6S2. The lowest BCUT2D eigenvalue weighted by Crippen LogP contribution is -2.40. The van der Waals surface area contributed by atoms with Gasteiger partial charge in [0.2, 0.25) is 15.9 Å². The molecule has 0 saturated carbocycles. The van der Waals surface area contributed by atoms with Gasteiger partial charge in [0.15, 0.2) is 0 Å². The van der Waals surface area contributed by atoms with E-state index in [2.05, 4.69) is 5.32 Å². The van der Waals surface area contributed by atoms with Crippen LogP contribution in [-0.2, 0) is 29.6 Å². The minimum atomic E-state index is -4.02. The first-order valence-electron chi connectivity index (χ1n) is 11.3. The van der Waals surface area contributed by atoms with Gasteiger partial charge in [0, 0.05) is 18.8 Å². The molecular weight excluding hydrogens is 502 g/mol. The Labute approximate surface area is 211 Å². The average Bonchev–Trinajstić information content (AvgIpc) is 2.88. The number of carbonyl (C=O) groups is 1. The van der Waals surface area contributed by atoms with Crippen LogP contribution < -0.4 is 9.62 Å². The molecule has 1 N–H and O–H groups in total. The number of ether oxygens (including phenoxy) is 1. The first kappa shape index (κ1) is 25.8. The van der Waals surface area contributed by atoms with Gasteiger partial charge >= 0.3 is 0 Å². The average molecular weight is 530 g/mol. The van der Waals surface area contributed by atoms with Crippen LogP contribution in [0.4, 0.5) is 11.4 Å². The summed E-state index contributed by atoms with van der Waals surface area (Å²) < 4.78 is 60.0. The Balaban J connectivity index is 1.53. The third kappa shape index (κ3) is 5.76. The van der Waals surface area contributed by atoms with Gasteiger partial charge < -0.3 is 10.1 Å². The highest BCUT2D eigenvalue weighted by molar-refractivity contribution is 7.92. The van der Waals surface area contributed by atoms with Crippen molar-refractivity contribution in [2.75, 3.05) is 42.5 Å². The molecule has 0 aromatic heterocycles. The highest BCUT2D eigenvalue weighted by Crippen LogP contribution is 2.25. The van der Waals surface area contributed by atoms with Crippen LogP contribution in [0.3, 0.4) is 0 Å². The topological polar surface area (TPSA) is 113 Å². The molecule has 190 valence electrons. The van der Waals surface area contributed by atoms with E-state index in [0.29, 0.717) is 24.6 Å². The van der Waals surface area contributed by atoms with Gasteiger partial charge in [-0.05, 0) is 61.0 Å². The number of nitrogens with zero attached hydrogens (tertiary/aromatic N) is 2. The SMILES string of the molecule is Cc1cccc(N(CC(=O)Nc2ccc(S(=O)(=O)N3CCOCC3)cc2)S(=O)(=O)c2ccccc2)c1. The largest absolute Gasteiger partial charge is 0.379 e. The number of hydrogen-bond acceptors (Lipinski definition) is 6. The Morgan fingerprint density at radius 1 is 0.889 bits per heavy atom. The van der Waals surface area contributed by atoms with Crippen molar-refractivity contribution in [2.45, 2.75) is 16.7 Å². The fourth-order valence-electron chi connectivity index (χ4n) is 3.80. The number of carbonyl (C=O) groups excluding carboxylic acids is 1. The zero-order chi connectivity index (χ0) is 25.8. The Kier molecular flexibility index (Phi) is 7.74. The molecule has 0 unspecified atom stereocenters. The fourth-order valence-corrected chi connectivity index (χ4v) is 6.64. The van der Waals surface area contributed by atoms with Crippen molar-refractivity contribution in [3.8, 4) is 0 Å². The summed E-state index contributed by atoms with van der Waals surface area (Å²) in [4.78, 5) is 13.1. The maximum Gasteiger partial charge on any atom is 0.264 e. The van der Waals surface area contributed by atoms with E-state index >= 15 is 0 Å². The first-order valence-corrected chi connectivity index (χ1v) is 14.2. The highest BCUT2D eigenvalue weighted by atomic mass is 32.2. The quantitative estimate of drug-likeness (QED) is 0.480. The van der Waals surface area contributed by atoms with Crippen molar-refractivity contribution in [1.82, 2.24) is 4.31 Å². The normalized spacial score (nSPS) is 14.8. The molecule has 0 aliphatic carbocycles. The molecule has 3 aromatic rings. The number of sulfonamides is 2. The molecule has 4 rings (SSSR count). The van der Waals surface area contributed by atoms with Crippen LogP contribution in [0.1, 0.15) is 5.56 Å². The predicted octanol–water partition coefficient (Wildman–Crippen LogP) is 2.85. The molecule has 1 fully saturated rings. The Hall–Kier alpha value is -3.25. The van der Waals surface area contributed by atoms with Crippen molar-refractivity contribution in [2.24, 2.45) is 0 Å². The number of nitrogens with one attached hydrogen (secondary N) is 1. The molecule has 36 heavy (non-hydrogen) atoms. The number of amides is 1. The van der Waals surface area contributed by atoms with Crippen molar-refractivity contribution >= 4 is 37.3 Å². The molecule has 0 spiro atoms. The van der Waals surface area contributed by atoms with Crippen LogP contribution in [0.25, 0.3) is 0 Å². The molecule has 3 aromatic carbocycles. The molecule has 0 atom stereocenters. The first-order chi connectivity index (χ1) is 17.2. The summed E-state index contributed by atoms with van der Waals surface area (Å²) in [5.74, 6) is -0.570. The van der Waals surface area contributed by atoms with Crippen molar-refractivity contribution in [3.05, 3.63) is 84.4 Å². The van der Waals surface area contributed by atoms with Gasteiger partial charge in [-0.15, -0.1) is 0 Å². The van der Waals surface area contributed by atoms with Crippen LogP contribution >= 0.6 is 0 Å². The van der Waals surface area contributed by atoms with E-state index < -0.39 is 32.5 Å². The maximum absolute atomic E-state index is 13.4. The number of rotatable bonds is 8. The Morgan fingerprint density at radius 3 is 2.19 bits per heavy atom. The molecule has 1 saturated heterocycles. The van der Waals surface area contributed by atoms with E-state index in [1.807, 2.05) is 13.0 Å². The minimum Gasteiger partial charge on any atom is -0.379 e. The third-order valence-corrected chi connectivity index (χ3v) is 9.35. The minimum absolute atomic E-state index is 0.0666. The van der Waals surface area contributed by atoms with Crippen molar-refractivity contribution < 1.29 is 26.4 Å². The lowest BCUT2D eigenvalue weighted by atomic mass is 10.2. The summed E-state index contributed by atoms with van der Waals surface area (Å²) in [6, 6.07) is 20.6. The molecule has 1 aliphatic rings. The summed E-state index contributed by atoms with van der Waals surface area (Å²) in [5.41, 5.74) is 1.56. The van der Waals surface area contributed by atoms with Crippen LogP contribution in [0.5, 0.6) is 0 Å². The molecule has 1 heterocycles.